The van der Waals surface area contributed by atoms with Gasteiger partial charge < -0.3 is 0 Å². The smallest absolute Gasteiger partial charge is 0.0238 e. The van der Waals surface area contributed by atoms with E-state index in [-0.39, 0.29) is 0 Å². The molecule has 0 aromatic rings. The normalized spacial score (nSPS) is 29.4. The summed E-state index contributed by atoms with van der Waals surface area (Å²) >= 11 is 2.56. The molecule has 60 valence electrons. The second-order valence-electron chi connectivity index (χ2n) is 3.33. The van der Waals surface area contributed by atoms with Crippen LogP contribution in [-0.2, 0) is 0 Å². The van der Waals surface area contributed by atoms with Crippen molar-refractivity contribution in [2.24, 2.45) is 0 Å². The summed E-state index contributed by atoms with van der Waals surface area (Å²) in [5.41, 5.74) is 0. The van der Waals surface area contributed by atoms with Gasteiger partial charge in [-0.05, 0) is 33.2 Å². The van der Waals surface area contributed by atoms with Gasteiger partial charge in [-0.15, -0.1) is 0 Å². The van der Waals surface area contributed by atoms with Gasteiger partial charge in [0.05, 0.1) is 0 Å². The fourth-order valence-electron chi connectivity index (χ4n) is 1.42. The van der Waals surface area contributed by atoms with Crippen LogP contribution < -0.4 is 0 Å². The van der Waals surface area contributed by atoms with Crippen molar-refractivity contribution < 1.29 is 0 Å². The summed E-state index contributed by atoms with van der Waals surface area (Å²) in [5, 5.41) is 0. The van der Waals surface area contributed by atoms with E-state index < -0.39 is 0 Å². The highest BCUT2D eigenvalue weighted by molar-refractivity contribution is 14.1. The maximum absolute atomic E-state index is 2.57. The lowest BCUT2D eigenvalue weighted by Crippen LogP contribution is -2.40. The Morgan fingerprint density at radius 2 is 2.20 bits per heavy atom. The fraction of sp³-hybridized carbons (Fsp3) is 1.00. The lowest BCUT2D eigenvalue weighted by Gasteiger charge is -2.32. The van der Waals surface area contributed by atoms with E-state index in [9.17, 15) is 0 Å². The topological polar surface area (TPSA) is 3.24 Å². The van der Waals surface area contributed by atoms with Crippen LogP contribution in [0.15, 0.2) is 0 Å². The molecule has 0 radical (unpaired) electrons. The van der Waals surface area contributed by atoms with Gasteiger partial charge in [0, 0.05) is 16.5 Å². The van der Waals surface area contributed by atoms with Crippen molar-refractivity contribution in [3.63, 3.8) is 0 Å². The minimum absolute atomic E-state index is 0.748. The lowest BCUT2D eigenvalue weighted by atomic mass is 10.1. The minimum atomic E-state index is 0.748. The first-order valence-corrected chi connectivity index (χ1v) is 5.33. The highest BCUT2D eigenvalue weighted by atomic mass is 127. The second kappa shape index (κ2) is 3.90. The first kappa shape index (κ1) is 8.78. The Bertz CT molecular complexity index is 103. The number of piperidine rings is 1. The van der Waals surface area contributed by atoms with Gasteiger partial charge in [0.15, 0.2) is 0 Å². The van der Waals surface area contributed by atoms with Gasteiger partial charge in [0.2, 0.25) is 0 Å². The highest BCUT2D eigenvalue weighted by Crippen LogP contribution is 2.18. The Balaban J connectivity index is 2.32. The molecular weight excluding hydrogens is 237 g/mol. The SMILES string of the molecule is CC(C)N1CCC[C@H](I)C1. The zero-order valence-electron chi connectivity index (χ0n) is 6.81. The molecule has 1 rings (SSSR count). The van der Waals surface area contributed by atoms with Crippen molar-refractivity contribution in [1.29, 1.82) is 0 Å². The summed E-state index contributed by atoms with van der Waals surface area (Å²) in [6.07, 6.45) is 2.82. The monoisotopic (exact) mass is 253 g/mol. The molecule has 0 aromatic carbocycles. The molecule has 0 saturated carbocycles. The molecule has 0 amide bonds. The molecule has 1 aliphatic heterocycles. The maximum Gasteiger partial charge on any atom is 0.0238 e. The van der Waals surface area contributed by atoms with Crippen LogP contribution in [-0.4, -0.2) is 28.0 Å². The molecule has 0 aromatic heterocycles. The third-order valence-electron chi connectivity index (χ3n) is 2.13. The van der Waals surface area contributed by atoms with Crippen molar-refractivity contribution in [1.82, 2.24) is 4.90 Å². The number of halogens is 1. The van der Waals surface area contributed by atoms with Crippen LogP contribution in [0.3, 0.4) is 0 Å². The highest BCUT2D eigenvalue weighted by Gasteiger charge is 2.18. The van der Waals surface area contributed by atoms with Crippen LogP contribution in [0.2, 0.25) is 0 Å². The third kappa shape index (κ3) is 2.38. The molecule has 0 spiro atoms. The molecule has 1 aliphatic rings. The Kier molecular flexibility index (Phi) is 3.43. The van der Waals surface area contributed by atoms with Crippen molar-refractivity contribution in [3.8, 4) is 0 Å². The maximum atomic E-state index is 2.57. The molecule has 1 heterocycles. The van der Waals surface area contributed by atoms with Crippen LogP contribution in [0.25, 0.3) is 0 Å². The van der Waals surface area contributed by atoms with Gasteiger partial charge in [0.1, 0.15) is 0 Å². The van der Waals surface area contributed by atoms with Gasteiger partial charge in [-0.2, -0.15) is 0 Å². The molecule has 10 heavy (non-hydrogen) atoms. The number of likely N-dealkylation sites (tertiary alicyclic amines) is 1. The molecule has 0 unspecified atom stereocenters. The minimum Gasteiger partial charge on any atom is -0.300 e. The van der Waals surface area contributed by atoms with Crippen LogP contribution >= 0.6 is 22.6 Å². The van der Waals surface area contributed by atoms with Crippen LogP contribution in [0.5, 0.6) is 0 Å². The summed E-state index contributed by atoms with van der Waals surface area (Å²) in [5.74, 6) is 0. The number of hydrogen-bond donors (Lipinski definition) is 0. The van der Waals surface area contributed by atoms with E-state index >= 15 is 0 Å². The van der Waals surface area contributed by atoms with Crippen molar-refractivity contribution in [2.45, 2.75) is 36.7 Å². The van der Waals surface area contributed by atoms with E-state index in [1.165, 1.54) is 25.9 Å². The molecule has 2 heteroatoms. The van der Waals surface area contributed by atoms with Crippen LogP contribution in [0.1, 0.15) is 26.7 Å². The van der Waals surface area contributed by atoms with E-state index in [4.69, 9.17) is 0 Å². The average Bonchev–Trinajstić information content (AvgIpc) is 1.88. The first-order valence-electron chi connectivity index (χ1n) is 4.08. The summed E-state index contributed by atoms with van der Waals surface area (Å²) in [4.78, 5) is 2.57. The summed E-state index contributed by atoms with van der Waals surface area (Å²) < 4.78 is 0.897. The molecule has 0 aliphatic carbocycles. The molecule has 0 N–H and O–H groups in total. The fourth-order valence-corrected chi connectivity index (χ4v) is 2.37. The molecule has 0 bridgehead atoms. The summed E-state index contributed by atoms with van der Waals surface area (Å²) in [7, 11) is 0. The third-order valence-corrected chi connectivity index (χ3v) is 3.14. The van der Waals surface area contributed by atoms with E-state index in [2.05, 4.69) is 41.3 Å². The van der Waals surface area contributed by atoms with Gasteiger partial charge in [-0.3, -0.25) is 4.90 Å². The van der Waals surface area contributed by atoms with Gasteiger partial charge in [-0.1, -0.05) is 22.6 Å². The number of alkyl halides is 1. The first-order chi connectivity index (χ1) is 4.70. The predicted molar refractivity (Wildman–Crippen MR) is 53.8 cm³/mol. The molecule has 1 fully saturated rings. The molecule has 1 atom stereocenters. The van der Waals surface area contributed by atoms with Crippen LogP contribution in [0, 0.1) is 0 Å². The standard InChI is InChI=1S/C8H16IN/c1-7(2)10-5-3-4-8(9)6-10/h7-8H,3-6H2,1-2H3/t8-/m0/s1. The second-order valence-corrected chi connectivity index (χ2v) is 5.09. The Hall–Kier alpha value is 0.690. The van der Waals surface area contributed by atoms with Crippen molar-refractivity contribution in [3.05, 3.63) is 0 Å². The average molecular weight is 253 g/mol. The number of hydrogen-bond acceptors (Lipinski definition) is 1. The zero-order valence-corrected chi connectivity index (χ0v) is 8.97. The number of nitrogens with zero attached hydrogens (tertiary/aromatic N) is 1. The Labute approximate surface area is 77.3 Å². The summed E-state index contributed by atoms with van der Waals surface area (Å²) in [6.45, 7) is 7.19. The predicted octanol–water partition coefficient (Wildman–Crippen LogP) is 2.29. The molecular formula is C8H16IN. The number of rotatable bonds is 1. The Morgan fingerprint density at radius 1 is 1.50 bits per heavy atom. The quantitative estimate of drug-likeness (QED) is 0.512. The van der Waals surface area contributed by atoms with Crippen molar-refractivity contribution >= 4 is 22.6 Å². The zero-order chi connectivity index (χ0) is 7.56. The lowest BCUT2D eigenvalue weighted by molar-refractivity contribution is 0.193. The van der Waals surface area contributed by atoms with Gasteiger partial charge in [-0.25, -0.2) is 0 Å². The largest absolute Gasteiger partial charge is 0.300 e. The summed E-state index contributed by atoms with van der Waals surface area (Å²) in [6, 6.07) is 0.748. The van der Waals surface area contributed by atoms with Gasteiger partial charge in [0.25, 0.3) is 0 Å². The van der Waals surface area contributed by atoms with E-state index in [0.717, 1.165) is 9.97 Å². The van der Waals surface area contributed by atoms with Crippen molar-refractivity contribution in [2.75, 3.05) is 13.1 Å². The van der Waals surface area contributed by atoms with E-state index in [1.54, 1.807) is 0 Å². The van der Waals surface area contributed by atoms with Gasteiger partial charge >= 0.3 is 0 Å². The Morgan fingerprint density at radius 3 is 2.60 bits per heavy atom. The van der Waals surface area contributed by atoms with Crippen LogP contribution in [0.4, 0.5) is 0 Å². The van der Waals surface area contributed by atoms with E-state index in [1.807, 2.05) is 0 Å². The van der Waals surface area contributed by atoms with E-state index in [0.29, 0.717) is 0 Å². The molecule has 1 nitrogen and oxygen atoms in total. The molecule has 1 saturated heterocycles.